The molecule has 1 heterocycles. The molecule has 67 valence electrons. The third kappa shape index (κ3) is 2.49. The van der Waals surface area contributed by atoms with Gasteiger partial charge in [0.1, 0.15) is 6.54 Å². The van der Waals surface area contributed by atoms with Crippen LogP contribution in [-0.2, 0) is 9.59 Å². The van der Waals surface area contributed by atoms with Gasteiger partial charge in [0.25, 0.3) is 0 Å². The fourth-order valence-corrected chi connectivity index (χ4v) is 1.96. The topological polar surface area (TPSA) is 40.6 Å². The first-order chi connectivity index (χ1) is 5.88. The van der Waals surface area contributed by atoms with Crippen molar-refractivity contribution in [3.63, 3.8) is 0 Å². The maximum atomic E-state index is 10.5. The van der Waals surface area contributed by atoms with Gasteiger partial charge in [-0.15, -0.1) is 0 Å². The van der Waals surface area contributed by atoms with Crippen LogP contribution in [0.15, 0.2) is 0 Å². The summed E-state index contributed by atoms with van der Waals surface area (Å²) in [6.45, 7) is 1.73. The zero-order valence-electron chi connectivity index (χ0n) is 6.73. The molecule has 0 spiro atoms. The van der Waals surface area contributed by atoms with Crippen molar-refractivity contribution in [3.05, 3.63) is 0 Å². The SMILES string of the molecule is O=[C]CN(C=O)N1CCSCC1. The van der Waals surface area contributed by atoms with Crippen LogP contribution in [0, 0.1) is 0 Å². The monoisotopic (exact) mass is 187 g/mol. The molecule has 1 aliphatic rings. The van der Waals surface area contributed by atoms with E-state index in [0.717, 1.165) is 24.6 Å². The molecule has 0 aliphatic carbocycles. The summed E-state index contributed by atoms with van der Waals surface area (Å²) in [5.74, 6) is 2.03. The molecule has 0 aromatic carbocycles. The van der Waals surface area contributed by atoms with Crippen molar-refractivity contribution in [2.45, 2.75) is 0 Å². The van der Waals surface area contributed by atoms with E-state index >= 15 is 0 Å². The summed E-state index contributed by atoms with van der Waals surface area (Å²) in [6, 6.07) is 0. The molecule has 0 aromatic rings. The Morgan fingerprint density at radius 2 is 2.17 bits per heavy atom. The molecule has 1 radical (unpaired) electrons. The van der Waals surface area contributed by atoms with Crippen molar-refractivity contribution in [1.82, 2.24) is 10.0 Å². The van der Waals surface area contributed by atoms with E-state index in [4.69, 9.17) is 0 Å². The van der Waals surface area contributed by atoms with Gasteiger partial charge in [0, 0.05) is 24.6 Å². The Labute approximate surface area is 75.9 Å². The van der Waals surface area contributed by atoms with Crippen molar-refractivity contribution in [2.24, 2.45) is 0 Å². The molecule has 4 nitrogen and oxygen atoms in total. The van der Waals surface area contributed by atoms with E-state index in [-0.39, 0.29) is 6.54 Å². The summed E-state index contributed by atoms with van der Waals surface area (Å²) >= 11 is 1.86. The number of rotatable bonds is 4. The summed E-state index contributed by atoms with van der Waals surface area (Å²) in [4.78, 5) is 20.6. The molecule has 0 unspecified atom stereocenters. The lowest BCUT2D eigenvalue weighted by Crippen LogP contribution is -2.47. The van der Waals surface area contributed by atoms with Crippen LogP contribution >= 0.6 is 11.8 Å². The molecule has 1 fully saturated rings. The molecule has 0 atom stereocenters. The van der Waals surface area contributed by atoms with Gasteiger partial charge >= 0.3 is 0 Å². The minimum Gasteiger partial charge on any atom is -0.289 e. The van der Waals surface area contributed by atoms with Gasteiger partial charge in [-0.05, 0) is 0 Å². The summed E-state index contributed by atoms with van der Waals surface area (Å²) in [6.07, 6.45) is 2.39. The molecule has 1 saturated heterocycles. The Morgan fingerprint density at radius 1 is 1.50 bits per heavy atom. The van der Waals surface area contributed by atoms with Crippen LogP contribution < -0.4 is 0 Å². The van der Waals surface area contributed by atoms with Crippen LogP contribution in [0.4, 0.5) is 0 Å². The van der Waals surface area contributed by atoms with E-state index in [2.05, 4.69) is 0 Å². The van der Waals surface area contributed by atoms with Crippen molar-refractivity contribution < 1.29 is 9.59 Å². The highest BCUT2D eigenvalue weighted by molar-refractivity contribution is 7.99. The molecular formula is C7H11N2O2S. The van der Waals surface area contributed by atoms with Gasteiger partial charge < -0.3 is 0 Å². The van der Waals surface area contributed by atoms with E-state index in [0.29, 0.717) is 6.41 Å². The van der Waals surface area contributed by atoms with E-state index < -0.39 is 0 Å². The molecule has 1 amide bonds. The fraction of sp³-hybridized carbons (Fsp3) is 0.714. The summed E-state index contributed by atoms with van der Waals surface area (Å²) in [5.41, 5.74) is 0. The Hall–Kier alpha value is -0.550. The number of carbonyl (C=O) groups is 1. The highest BCUT2D eigenvalue weighted by atomic mass is 32.2. The zero-order valence-corrected chi connectivity index (χ0v) is 7.55. The Balaban J connectivity index is 2.39. The van der Waals surface area contributed by atoms with Gasteiger partial charge in [-0.25, -0.2) is 5.01 Å². The molecule has 0 saturated carbocycles. The Morgan fingerprint density at radius 3 is 2.67 bits per heavy atom. The predicted octanol–water partition coefficient (Wildman–Crippen LogP) is -0.482. The molecule has 1 aliphatic heterocycles. The standard InChI is InChI=1S/C7H11N2O2S/c10-4-1-9(7-11)8-2-5-12-6-3-8/h7H,1-3,5-6H2. The normalized spacial score (nSPS) is 18.7. The Kier molecular flexibility index (Phi) is 4.10. The second-order valence-electron chi connectivity index (χ2n) is 2.41. The largest absolute Gasteiger partial charge is 0.289 e. The number of nitrogens with zero attached hydrogens (tertiary/aromatic N) is 2. The maximum Gasteiger partial charge on any atom is 0.224 e. The number of hydrazine groups is 1. The fourth-order valence-electron chi connectivity index (χ4n) is 1.08. The van der Waals surface area contributed by atoms with E-state index in [1.165, 1.54) is 5.01 Å². The summed E-state index contributed by atoms with van der Waals surface area (Å²) in [5, 5.41) is 3.26. The molecule has 0 bridgehead atoms. The van der Waals surface area contributed by atoms with Crippen LogP contribution in [-0.4, -0.2) is 53.9 Å². The summed E-state index contributed by atoms with van der Waals surface area (Å²) < 4.78 is 0. The maximum absolute atomic E-state index is 10.5. The number of thioether (sulfide) groups is 1. The van der Waals surface area contributed by atoms with Gasteiger partial charge in [0.05, 0.1) is 0 Å². The highest BCUT2D eigenvalue weighted by Gasteiger charge is 2.15. The number of carbonyl (C=O) groups excluding carboxylic acids is 2. The van der Waals surface area contributed by atoms with E-state index in [1.54, 1.807) is 6.29 Å². The lowest BCUT2D eigenvalue weighted by molar-refractivity contribution is -0.132. The first-order valence-electron chi connectivity index (χ1n) is 3.78. The molecule has 5 heteroatoms. The number of hydrogen-bond donors (Lipinski definition) is 0. The van der Waals surface area contributed by atoms with Crippen LogP contribution in [0.25, 0.3) is 0 Å². The first-order valence-corrected chi connectivity index (χ1v) is 4.93. The number of hydrogen-bond acceptors (Lipinski definition) is 4. The van der Waals surface area contributed by atoms with Gasteiger partial charge in [-0.2, -0.15) is 11.8 Å². The average Bonchev–Trinajstić information content (AvgIpc) is 2.15. The lowest BCUT2D eigenvalue weighted by Gasteiger charge is -2.32. The predicted molar refractivity (Wildman–Crippen MR) is 47.4 cm³/mol. The second kappa shape index (κ2) is 5.16. The Bertz CT molecular complexity index is 159. The van der Waals surface area contributed by atoms with Gasteiger partial charge in [0.15, 0.2) is 0 Å². The number of amides is 1. The second-order valence-corrected chi connectivity index (χ2v) is 3.64. The molecular weight excluding hydrogens is 176 g/mol. The molecule has 0 aromatic heterocycles. The average molecular weight is 187 g/mol. The van der Waals surface area contributed by atoms with Crippen molar-refractivity contribution in [1.29, 1.82) is 0 Å². The molecule has 0 N–H and O–H groups in total. The van der Waals surface area contributed by atoms with Crippen LogP contribution in [0.3, 0.4) is 0 Å². The van der Waals surface area contributed by atoms with Crippen molar-refractivity contribution in [3.8, 4) is 0 Å². The zero-order chi connectivity index (χ0) is 8.81. The van der Waals surface area contributed by atoms with Crippen LogP contribution in [0.5, 0.6) is 0 Å². The molecule has 1 rings (SSSR count). The van der Waals surface area contributed by atoms with Gasteiger partial charge in [0.2, 0.25) is 12.7 Å². The van der Waals surface area contributed by atoms with Crippen LogP contribution in [0.1, 0.15) is 0 Å². The quantitative estimate of drug-likeness (QED) is 0.557. The van der Waals surface area contributed by atoms with Crippen molar-refractivity contribution in [2.75, 3.05) is 31.1 Å². The minimum atomic E-state index is 0.0498. The van der Waals surface area contributed by atoms with Gasteiger partial charge in [-0.3, -0.25) is 14.6 Å². The first kappa shape index (κ1) is 9.54. The van der Waals surface area contributed by atoms with Gasteiger partial charge in [-0.1, -0.05) is 0 Å². The van der Waals surface area contributed by atoms with E-state index in [9.17, 15) is 9.59 Å². The third-order valence-corrected chi connectivity index (χ3v) is 2.64. The van der Waals surface area contributed by atoms with E-state index in [1.807, 2.05) is 16.8 Å². The lowest BCUT2D eigenvalue weighted by atomic mass is 10.5. The third-order valence-electron chi connectivity index (χ3n) is 1.70. The highest BCUT2D eigenvalue weighted by Crippen LogP contribution is 2.09. The smallest absolute Gasteiger partial charge is 0.224 e. The van der Waals surface area contributed by atoms with Crippen molar-refractivity contribution >= 4 is 24.5 Å². The molecule has 12 heavy (non-hydrogen) atoms. The summed E-state index contributed by atoms with van der Waals surface area (Å²) in [7, 11) is 0. The van der Waals surface area contributed by atoms with Crippen LogP contribution in [0.2, 0.25) is 0 Å². The minimum absolute atomic E-state index is 0.0498.